The van der Waals surface area contributed by atoms with Gasteiger partial charge in [0.05, 0.1) is 16.1 Å². The highest BCUT2D eigenvalue weighted by Crippen LogP contribution is 2.38. The first-order valence-corrected chi connectivity index (χ1v) is 9.71. The second kappa shape index (κ2) is 6.24. The van der Waals surface area contributed by atoms with Gasteiger partial charge in [0.25, 0.3) is 0 Å². The Bertz CT molecular complexity index is 850. The van der Waals surface area contributed by atoms with Gasteiger partial charge in [-0.15, -0.1) is 0 Å². The second-order valence-corrected chi connectivity index (χ2v) is 8.66. The normalized spacial score (nSPS) is 19.8. The van der Waals surface area contributed by atoms with Crippen LogP contribution in [0.15, 0.2) is 24.4 Å². The molecule has 0 bridgehead atoms. The lowest BCUT2D eigenvalue weighted by molar-refractivity contribution is -0.129. The van der Waals surface area contributed by atoms with Crippen molar-refractivity contribution in [1.29, 1.82) is 0 Å². The van der Waals surface area contributed by atoms with E-state index in [4.69, 9.17) is 11.6 Å². The second-order valence-electron chi connectivity index (χ2n) is 8.25. The van der Waals surface area contributed by atoms with E-state index >= 15 is 0 Å². The van der Waals surface area contributed by atoms with Crippen molar-refractivity contribution in [2.75, 3.05) is 19.6 Å². The summed E-state index contributed by atoms with van der Waals surface area (Å²) in [5.74, 6) is -0.445. The maximum Gasteiger partial charge on any atom is 0.246 e. The fourth-order valence-corrected chi connectivity index (χ4v) is 4.21. The Morgan fingerprint density at radius 2 is 1.96 bits per heavy atom. The third-order valence-electron chi connectivity index (χ3n) is 5.86. The summed E-state index contributed by atoms with van der Waals surface area (Å²) in [6.45, 7) is 6.81. The zero-order valence-corrected chi connectivity index (χ0v) is 16.1. The van der Waals surface area contributed by atoms with Crippen LogP contribution in [0.25, 0.3) is 10.9 Å². The van der Waals surface area contributed by atoms with Gasteiger partial charge in [-0.3, -0.25) is 4.79 Å². The molecule has 140 valence electrons. The van der Waals surface area contributed by atoms with Crippen molar-refractivity contribution < 1.29 is 9.18 Å². The summed E-state index contributed by atoms with van der Waals surface area (Å²) < 4.78 is 16.2. The van der Waals surface area contributed by atoms with E-state index in [1.54, 1.807) is 22.9 Å². The van der Waals surface area contributed by atoms with E-state index in [0.717, 1.165) is 32.5 Å². The molecule has 0 atom stereocenters. The van der Waals surface area contributed by atoms with Gasteiger partial charge in [0.1, 0.15) is 11.4 Å². The van der Waals surface area contributed by atoms with Gasteiger partial charge in [-0.2, -0.15) is 0 Å². The molecule has 0 spiro atoms. The molecule has 2 aromatic rings. The maximum atomic E-state index is 14.5. The zero-order valence-electron chi connectivity index (χ0n) is 15.3. The lowest BCUT2D eigenvalue weighted by Crippen LogP contribution is -2.52. The minimum Gasteiger partial charge on any atom is -0.347 e. The van der Waals surface area contributed by atoms with E-state index in [1.165, 1.54) is 18.9 Å². The van der Waals surface area contributed by atoms with Crippen LogP contribution in [0.5, 0.6) is 0 Å². The SMILES string of the molecule is CC(C)(C(=O)NC1(CN2CCCC2)CC1)n1ccc2c(Cl)ccc(F)c21. The summed E-state index contributed by atoms with van der Waals surface area (Å²) in [5, 5.41) is 4.38. The molecule has 2 aliphatic rings. The standard InChI is InChI=1S/C20H25ClFN3O/c1-19(2,25-12-7-14-15(21)5-6-16(22)17(14)25)18(26)23-20(8-9-20)13-24-10-3-4-11-24/h5-7,12H,3-4,8-11,13H2,1-2H3,(H,23,26). The molecule has 4 nitrogen and oxygen atoms in total. The van der Waals surface area contributed by atoms with Crippen LogP contribution in [-0.2, 0) is 10.3 Å². The summed E-state index contributed by atoms with van der Waals surface area (Å²) in [5.41, 5.74) is -0.645. The highest BCUT2D eigenvalue weighted by Gasteiger charge is 2.48. The Hall–Kier alpha value is -1.59. The number of halogens is 2. The average Bonchev–Trinajstić information content (AvgIpc) is 3.02. The van der Waals surface area contributed by atoms with Gasteiger partial charge in [-0.1, -0.05) is 11.6 Å². The van der Waals surface area contributed by atoms with Gasteiger partial charge < -0.3 is 14.8 Å². The summed E-state index contributed by atoms with van der Waals surface area (Å²) >= 11 is 6.20. The van der Waals surface area contributed by atoms with Crippen LogP contribution < -0.4 is 5.32 Å². The largest absolute Gasteiger partial charge is 0.347 e. The molecule has 6 heteroatoms. The number of benzene rings is 1. The molecule has 1 aliphatic heterocycles. The Balaban J connectivity index is 1.58. The third kappa shape index (κ3) is 3.01. The van der Waals surface area contributed by atoms with Crippen molar-refractivity contribution >= 4 is 28.4 Å². The van der Waals surface area contributed by atoms with Gasteiger partial charge in [-0.25, -0.2) is 4.39 Å². The van der Waals surface area contributed by atoms with Crippen LogP contribution in [0.3, 0.4) is 0 Å². The van der Waals surface area contributed by atoms with Crippen molar-refractivity contribution in [3.8, 4) is 0 Å². The topological polar surface area (TPSA) is 37.3 Å². The monoisotopic (exact) mass is 377 g/mol. The molecule has 1 amide bonds. The lowest BCUT2D eigenvalue weighted by atomic mass is 10.0. The third-order valence-corrected chi connectivity index (χ3v) is 6.19. The van der Waals surface area contributed by atoms with Gasteiger partial charge in [0.15, 0.2) is 0 Å². The molecular formula is C20H25ClFN3O. The van der Waals surface area contributed by atoms with Crippen molar-refractivity contribution in [3.05, 3.63) is 35.2 Å². The van der Waals surface area contributed by atoms with Crippen molar-refractivity contribution in [2.45, 2.75) is 50.6 Å². The Kier molecular flexibility index (Phi) is 4.27. The fraction of sp³-hybridized carbons (Fsp3) is 0.550. The van der Waals surface area contributed by atoms with E-state index in [-0.39, 0.29) is 17.3 Å². The predicted octanol–water partition coefficient (Wildman–Crippen LogP) is 3.91. The highest BCUT2D eigenvalue weighted by molar-refractivity contribution is 6.35. The number of amides is 1. The molecule has 26 heavy (non-hydrogen) atoms. The Morgan fingerprint density at radius 1 is 1.27 bits per heavy atom. The molecule has 1 saturated carbocycles. The van der Waals surface area contributed by atoms with Gasteiger partial charge in [-0.05, 0) is 70.8 Å². The molecule has 2 heterocycles. The summed E-state index contributed by atoms with van der Waals surface area (Å²) in [4.78, 5) is 15.6. The first kappa shape index (κ1) is 17.8. The molecule has 0 unspecified atom stereocenters. The number of aromatic nitrogens is 1. The van der Waals surface area contributed by atoms with Gasteiger partial charge in [0, 0.05) is 18.1 Å². The first-order valence-electron chi connectivity index (χ1n) is 9.33. The number of likely N-dealkylation sites (tertiary alicyclic amines) is 1. The van der Waals surface area contributed by atoms with Crippen LogP contribution in [-0.4, -0.2) is 40.5 Å². The maximum absolute atomic E-state index is 14.5. The summed E-state index contributed by atoms with van der Waals surface area (Å²) in [7, 11) is 0. The number of fused-ring (bicyclic) bond motifs is 1. The van der Waals surface area contributed by atoms with Crippen LogP contribution in [0.4, 0.5) is 4.39 Å². The summed E-state index contributed by atoms with van der Waals surface area (Å²) in [6, 6.07) is 4.67. The zero-order chi connectivity index (χ0) is 18.5. The van der Waals surface area contributed by atoms with Gasteiger partial charge >= 0.3 is 0 Å². The number of hydrogen-bond acceptors (Lipinski definition) is 2. The number of nitrogens with zero attached hydrogens (tertiary/aromatic N) is 2. The number of hydrogen-bond donors (Lipinski definition) is 1. The van der Waals surface area contributed by atoms with Crippen molar-refractivity contribution in [3.63, 3.8) is 0 Å². The van der Waals surface area contributed by atoms with Crippen molar-refractivity contribution in [2.24, 2.45) is 0 Å². The fourth-order valence-electron chi connectivity index (χ4n) is 4.00. The molecular weight excluding hydrogens is 353 g/mol. The van der Waals surface area contributed by atoms with Crippen LogP contribution in [0, 0.1) is 5.82 Å². The number of carbonyl (C=O) groups excluding carboxylic acids is 1. The van der Waals surface area contributed by atoms with Crippen LogP contribution in [0.1, 0.15) is 39.5 Å². The van der Waals surface area contributed by atoms with E-state index < -0.39 is 5.54 Å². The lowest BCUT2D eigenvalue weighted by Gasteiger charge is -2.31. The van der Waals surface area contributed by atoms with Crippen molar-refractivity contribution in [1.82, 2.24) is 14.8 Å². The number of rotatable bonds is 5. The molecule has 2 fully saturated rings. The quantitative estimate of drug-likeness (QED) is 0.857. The average molecular weight is 378 g/mol. The Morgan fingerprint density at radius 3 is 2.62 bits per heavy atom. The molecule has 4 rings (SSSR count). The molecule has 1 aliphatic carbocycles. The highest BCUT2D eigenvalue weighted by atomic mass is 35.5. The molecule has 1 aromatic heterocycles. The summed E-state index contributed by atoms with van der Waals surface area (Å²) in [6.07, 6.45) is 6.25. The molecule has 1 aromatic carbocycles. The predicted molar refractivity (Wildman–Crippen MR) is 102 cm³/mol. The minimum absolute atomic E-state index is 0.0777. The van der Waals surface area contributed by atoms with Crippen LogP contribution >= 0.6 is 11.6 Å². The molecule has 0 radical (unpaired) electrons. The first-order chi connectivity index (χ1) is 12.3. The Labute approximate surface area is 158 Å². The number of nitrogens with one attached hydrogen (secondary N) is 1. The minimum atomic E-state index is -0.909. The molecule has 1 N–H and O–H groups in total. The van der Waals surface area contributed by atoms with E-state index in [9.17, 15) is 9.18 Å². The molecule has 1 saturated heterocycles. The van der Waals surface area contributed by atoms with E-state index in [1.807, 2.05) is 13.8 Å². The van der Waals surface area contributed by atoms with E-state index in [0.29, 0.717) is 15.9 Å². The smallest absolute Gasteiger partial charge is 0.246 e. The van der Waals surface area contributed by atoms with Crippen LogP contribution in [0.2, 0.25) is 5.02 Å². The van der Waals surface area contributed by atoms with Gasteiger partial charge in [0.2, 0.25) is 5.91 Å². The van der Waals surface area contributed by atoms with E-state index in [2.05, 4.69) is 10.2 Å². The number of carbonyl (C=O) groups is 1.